The number of carbonyl (C=O) groups is 1. The Bertz CT molecular complexity index is 485. The summed E-state index contributed by atoms with van der Waals surface area (Å²) in [6.07, 6.45) is 0.833. The highest BCUT2D eigenvalue weighted by Crippen LogP contribution is 2.26. The maximum Gasteiger partial charge on any atom is 0.324 e. The molecule has 0 saturated heterocycles. The third kappa shape index (κ3) is 4.28. The highest BCUT2D eigenvalue weighted by atomic mass is 32.1. The summed E-state index contributed by atoms with van der Waals surface area (Å²) >= 11 is 0.915. The van der Waals surface area contributed by atoms with Crippen molar-refractivity contribution in [3.8, 4) is 0 Å². The molecule has 0 aliphatic carbocycles. The van der Waals surface area contributed by atoms with E-state index in [0.29, 0.717) is 24.5 Å². The Labute approximate surface area is 122 Å². The van der Waals surface area contributed by atoms with E-state index < -0.39 is 4.92 Å². The second kappa shape index (κ2) is 6.81. The Morgan fingerprint density at radius 3 is 2.60 bits per heavy atom. The molecule has 0 saturated carbocycles. The summed E-state index contributed by atoms with van der Waals surface area (Å²) in [5, 5.41) is 10.7. The lowest BCUT2D eigenvalue weighted by Gasteiger charge is -2.31. The fraction of sp³-hybridized carbons (Fsp3) is 0.615. The number of carbonyl (C=O) groups excluding carboxylic acids is 1. The normalized spacial score (nSPS) is 11.4. The molecule has 7 heteroatoms. The first-order valence-corrected chi connectivity index (χ1v) is 7.36. The van der Waals surface area contributed by atoms with Crippen molar-refractivity contribution >= 4 is 22.2 Å². The summed E-state index contributed by atoms with van der Waals surface area (Å²) in [7, 11) is 0. The average Bonchev–Trinajstić information content (AvgIpc) is 2.87. The van der Waals surface area contributed by atoms with Crippen molar-refractivity contribution in [3.05, 3.63) is 27.1 Å². The van der Waals surface area contributed by atoms with Gasteiger partial charge in [-0.3, -0.25) is 14.9 Å². The largest absolute Gasteiger partial charge is 0.337 e. The molecule has 112 valence electrons. The summed E-state index contributed by atoms with van der Waals surface area (Å²) in [5.41, 5.74) is 5.54. The number of nitrogens with two attached hydrogens (primary N) is 1. The van der Waals surface area contributed by atoms with Gasteiger partial charge in [0.05, 0.1) is 9.80 Å². The lowest BCUT2D eigenvalue weighted by atomic mass is 9.93. The van der Waals surface area contributed by atoms with Crippen molar-refractivity contribution in [3.63, 3.8) is 0 Å². The molecule has 0 atom stereocenters. The molecule has 1 aromatic rings. The molecule has 6 nitrogen and oxygen atoms in total. The molecule has 0 radical (unpaired) electrons. The van der Waals surface area contributed by atoms with Crippen molar-refractivity contribution in [2.24, 2.45) is 11.1 Å². The van der Waals surface area contributed by atoms with Gasteiger partial charge >= 0.3 is 5.00 Å². The maximum atomic E-state index is 12.4. The quantitative estimate of drug-likeness (QED) is 0.618. The minimum Gasteiger partial charge on any atom is -0.337 e. The number of amides is 1. The van der Waals surface area contributed by atoms with Crippen LogP contribution in [0.25, 0.3) is 0 Å². The van der Waals surface area contributed by atoms with Crippen LogP contribution in [-0.4, -0.2) is 35.4 Å². The van der Waals surface area contributed by atoms with Crippen molar-refractivity contribution in [2.75, 3.05) is 19.6 Å². The standard InChI is InChI=1S/C13H21N3O3S/c1-4-7-15(9-13(2,3)8-14)12(17)10-5-6-11(20-10)16(18)19/h5-6H,4,7-9,14H2,1-3H3. The summed E-state index contributed by atoms with van der Waals surface area (Å²) in [4.78, 5) is 24.8. The second-order valence-electron chi connectivity index (χ2n) is 5.49. The summed E-state index contributed by atoms with van der Waals surface area (Å²) in [6.45, 7) is 7.63. The van der Waals surface area contributed by atoms with Gasteiger partial charge in [0, 0.05) is 19.2 Å². The first-order valence-electron chi connectivity index (χ1n) is 6.54. The van der Waals surface area contributed by atoms with Crippen LogP contribution in [0.4, 0.5) is 5.00 Å². The van der Waals surface area contributed by atoms with Crippen LogP contribution in [0.15, 0.2) is 12.1 Å². The van der Waals surface area contributed by atoms with Crippen LogP contribution < -0.4 is 5.73 Å². The minimum atomic E-state index is -0.477. The Kier molecular flexibility index (Phi) is 5.64. The first kappa shape index (κ1) is 16.6. The molecule has 0 aliphatic heterocycles. The number of nitrogens with zero attached hydrogens (tertiary/aromatic N) is 2. The van der Waals surface area contributed by atoms with E-state index >= 15 is 0 Å². The van der Waals surface area contributed by atoms with Crippen LogP contribution in [-0.2, 0) is 0 Å². The van der Waals surface area contributed by atoms with Crippen LogP contribution in [0, 0.1) is 15.5 Å². The molecule has 0 unspecified atom stereocenters. The lowest BCUT2D eigenvalue weighted by Crippen LogP contribution is -2.42. The maximum absolute atomic E-state index is 12.4. The van der Waals surface area contributed by atoms with Gasteiger partial charge in [0.25, 0.3) is 5.91 Å². The summed E-state index contributed by atoms with van der Waals surface area (Å²) < 4.78 is 0. The van der Waals surface area contributed by atoms with E-state index in [1.54, 1.807) is 4.90 Å². The van der Waals surface area contributed by atoms with Crippen LogP contribution in [0.3, 0.4) is 0 Å². The van der Waals surface area contributed by atoms with Crippen molar-refractivity contribution in [2.45, 2.75) is 27.2 Å². The Hall–Kier alpha value is -1.47. The molecule has 0 fully saturated rings. The van der Waals surface area contributed by atoms with Gasteiger partial charge in [-0.2, -0.15) is 0 Å². The smallest absolute Gasteiger partial charge is 0.324 e. The van der Waals surface area contributed by atoms with E-state index in [0.717, 1.165) is 17.8 Å². The van der Waals surface area contributed by atoms with E-state index in [-0.39, 0.29) is 16.3 Å². The van der Waals surface area contributed by atoms with Gasteiger partial charge in [-0.15, -0.1) is 0 Å². The van der Waals surface area contributed by atoms with Crippen molar-refractivity contribution in [1.82, 2.24) is 4.90 Å². The van der Waals surface area contributed by atoms with Gasteiger partial charge in [0.15, 0.2) is 0 Å². The summed E-state index contributed by atoms with van der Waals surface area (Å²) in [5.74, 6) is -0.161. The van der Waals surface area contributed by atoms with Gasteiger partial charge in [0.2, 0.25) is 0 Å². The van der Waals surface area contributed by atoms with E-state index in [2.05, 4.69) is 0 Å². The molecule has 1 aromatic heterocycles. The van der Waals surface area contributed by atoms with Gasteiger partial charge in [-0.05, 0) is 24.4 Å². The number of rotatable bonds is 7. The highest BCUT2D eigenvalue weighted by Gasteiger charge is 2.26. The third-order valence-electron chi connectivity index (χ3n) is 2.93. The predicted octanol–water partition coefficient (Wildman–Crippen LogP) is 2.49. The monoisotopic (exact) mass is 299 g/mol. The first-order chi connectivity index (χ1) is 9.30. The fourth-order valence-electron chi connectivity index (χ4n) is 1.80. The predicted molar refractivity (Wildman–Crippen MR) is 80.0 cm³/mol. The van der Waals surface area contributed by atoms with Gasteiger partial charge < -0.3 is 10.6 Å². The molecule has 0 aliphatic rings. The minimum absolute atomic E-state index is 0.0112. The Morgan fingerprint density at radius 1 is 1.50 bits per heavy atom. The molecule has 0 bridgehead atoms. The molecule has 1 amide bonds. The van der Waals surface area contributed by atoms with Crippen LogP contribution in [0.1, 0.15) is 36.9 Å². The van der Waals surface area contributed by atoms with E-state index in [1.165, 1.54) is 12.1 Å². The van der Waals surface area contributed by atoms with Gasteiger partial charge in [0.1, 0.15) is 0 Å². The van der Waals surface area contributed by atoms with Crippen LogP contribution in [0.2, 0.25) is 0 Å². The molecular formula is C13H21N3O3S. The van der Waals surface area contributed by atoms with Crippen LogP contribution in [0.5, 0.6) is 0 Å². The van der Waals surface area contributed by atoms with Gasteiger partial charge in [-0.25, -0.2) is 0 Å². The Morgan fingerprint density at radius 2 is 2.15 bits per heavy atom. The highest BCUT2D eigenvalue weighted by molar-refractivity contribution is 7.17. The van der Waals surface area contributed by atoms with Crippen molar-refractivity contribution < 1.29 is 9.72 Å². The molecule has 1 rings (SSSR count). The zero-order valence-corrected chi connectivity index (χ0v) is 12.9. The molecule has 0 spiro atoms. The average molecular weight is 299 g/mol. The topological polar surface area (TPSA) is 89.5 Å². The zero-order chi connectivity index (χ0) is 15.3. The molecule has 1 heterocycles. The molecule has 2 N–H and O–H groups in total. The van der Waals surface area contributed by atoms with E-state index in [1.807, 2.05) is 20.8 Å². The van der Waals surface area contributed by atoms with Gasteiger partial charge in [-0.1, -0.05) is 32.1 Å². The number of hydrogen-bond acceptors (Lipinski definition) is 5. The van der Waals surface area contributed by atoms with E-state index in [4.69, 9.17) is 5.73 Å². The van der Waals surface area contributed by atoms with Crippen LogP contribution >= 0.6 is 11.3 Å². The zero-order valence-electron chi connectivity index (χ0n) is 12.1. The lowest BCUT2D eigenvalue weighted by molar-refractivity contribution is -0.380. The number of thiophene rings is 1. The SMILES string of the molecule is CCCN(CC(C)(C)CN)C(=O)c1ccc([N+](=O)[O-])s1. The number of hydrogen-bond donors (Lipinski definition) is 1. The molecule has 20 heavy (non-hydrogen) atoms. The summed E-state index contributed by atoms with van der Waals surface area (Å²) in [6, 6.07) is 2.89. The second-order valence-corrected chi connectivity index (χ2v) is 6.55. The van der Waals surface area contributed by atoms with Crippen molar-refractivity contribution in [1.29, 1.82) is 0 Å². The number of nitro groups is 1. The molecule has 0 aromatic carbocycles. The van der Waals surface area contributed by atoms with E-state index in [9.17, 15) is 14.9 Å². The molecular weight excluding hydrogens is 278 g/mol. The Balaban J connectivity index is 2.90. The third-order valence-corrected chi connectivity index (χ3v) is 3.96. The fourth-order valence-corrected chi connectivity index (χ4v) is 2.59.